The third kappa shape index (κ3) is 6.29. The number of aromatic hydroxyl groups is 1. The van der Waals surface area contributed by atoms with Crippen molar-refractivity contribution >= 4 is 40.2 Å². The SMILES string of the molecule is CN.CSN(C)c1cc2oc(-c3ccc(F)cc3)c(O)c2cc1-c1ccc(N)c(C(=O)NCc2ccc(F)cc2)c1. The lowest BCUT2D eigenvalue weighted by Crippen LogP contribution is -2.23. The number of furan rings is 1. The van der Waals surface area contributed by atoms with Gasteiger partial charge in [-0.1, -0.05) is 30.1 Å². The molecule has 1 amide bonds. The molecule has 212 valence electrons. The third-order valence-electron chi connectivity index (χ3n) is 6.47. The van der Waals surface area contributed by atoms with Gasteiger partial charge in [0.2, 0.25) is 0 Å². The fourth-order valence-electron chi connectivity index (χ4n) is 4.31. The molecule has 6 N–H and O–H groups in total. The first-order valence-corrected chi connectivity index (χ1v) is 13.8. The molecular weight excluding hydrogens is 546 g/mol. The van der Waals surface area contributed by atoms with Crippen LogP contribution in [0.2, 0.25) is 0 Å². The van der Waals surface area contributed by atoms with Crippen LogP contribution in [0.5, 0.6) is 5.75 Å². The standard InChI is InChI=1S/C30H25F2N3O3S.CH5N/c1-35(39-2)26-15-27-24(28(36)29(38-27)18-5-10-21(32)11-6-18)14-22(26)19-7-12-25(33)23(13-19)30(37)34-16-17-3-8-20(31)9-4-17;1-2/h3-15,36H,16,33H2,1-2H3,(H,34,37);2H2,1H3. The Morgan fingerprint density at radius 1 is 0.951 bits per heavy atom. The van der Waals surface area contributed by atoms with E-state index in [1.165, 1.54) is 43.3 Å². The highest BCUT2D eigenvalue weighted by Gasteiger charge is 2.21. The van der Waals surface area contributed by atoms with Gasteiger partial charge < -0.3 is 30.6 Å². The van der Waals surface area contributed by atoms with E-state index < -0.39 is 0 Å². The molecule has 0 aliphatic rings. The van der Waals surface area contributed by atoms with Gasteiger partial charge in [-0.2, -0.15) is 0 Å². The van der Waals surface area contributed by atoms with Crippen molar-refractivity contribution in [3.05, 3.63) is 102 Å². The largest absolute Gasteiger partial charge is 0.504 e. The summed E-state index contributed by atoms with van der Waals surface area (Å²) < 4.78 is 34.6. The van der Waals surface area contributed by atoms with Crippen LogP contribution in [-0.2, 0) is 6.54 Å². The quantitative estimate of drug-likeness (QED) is 0.128. The Morgan fingerprint density at radius 3 is 2.20 bits per heavy atom. The number of nitrogens with one attached hydrogen (secondary N) is 1. The number of carbonyl (C=O) groups is 1. The first-order valence-electron chi connectivity index (χ1n) is 12.6. The van der Waals surface area contributed by atoms with Crippen LogP contribution in [0.1, 0.15) is 15.9 Å². The summed E-state index contributed by atoms with van der Waals surface area (Å²) in [5, 5.41) is 14.3. The summed E-state index contributed by atoms with van der Waals surface area (Å²) in [7, 11) is 3.40. The predicted octanol–water partition coefficient (Wildman–Crippen LogP) is 6.55. The van der Waals surface area contributed by atoms with Crippen molar-refractivity contribution in [2.75, 3.05) is 30.4 Å². The Morgan fingerprint density at radius 2 is 1.56 bits per heavy atom. The molecule has 41 heavy (non-hydrogen) atoms. The van der Waals surface area contributed by atoms with Crippen LogP contribution >= 0.6 is 11.9 Å². The highest BCUT2D eigenvalue weighted by molar-refractivity contribution is 7.99. The van der Waals surface area contributed by atoms with Crippen LogP contribution in [-0.4, -0.2) is 31.4 Å². The molecular formula is C31H30F2N4O3S. The summed E-state index contributed by atoms with van der Waals surface area (Å²) in [6, 6.07) is 20.4. The lowest BCUT2D eigenvalue weighted by Gasteiger charge is -2.20. The summed E-state index contributed by atoms with van der Waals surface area (Å²) in [6.07, 6.45) is 1.93. The number of hydrogen-bond donors (Lipinski definition) is 4. The molecule has 0 radical (unpaired) electrons. The van der Waals surface area contributed by atoms with Gasteiger partial charge in [0.1, 0.15) is 17.2 Å². The minimum absolute atomic E-state index is 0.0658. The van der Waals surface area contributed by atoms with Gasteiger partial charge in [-0.3, -0.25) is 4.79 Å². The van der Waals surface area contributed by atoms with Crippen molar-refractivity contribution in [1.82, 2.24) is 5.32 Å². The van der Waals surface area contributed by atoms with Crippen molar-refractivity contribution in [2.45, 2.75) is 6.54 Å². The van der Waals surface area contributed by atoms with E-state index in [-0.39, 0.29) is 41.2 Å². The second-order valence-electron chi connectivity index (χ2n) is 8.94. The van der Waals surface area contributed by atoms with Crippen LogP contribution in [0.3, 0.4) is 0 Å². The average Bonchev–Trinajstić information content (AvgIpc) is 3.32. The van der Waals surface area contributed by atoms with Crippen LogP contribution in [0.25, 0.3) is 33.4 Å². The van der Waals surface area contributed by atoms with E-state index in [1.807, 2.05) is 29.7 Å². The fourth-order valence-corrected chi connectivity index (χ4v) is 4.65. The topological polar surface area (TPSA) is 118 Å². The second kappa shape index (κ2) is 12.8. The number of rotatable bonds is 7. The fraction of sp³-hybridized carbons (Fsp3) is 0.129. The van der Waals surface area contributed by atoms with Gasteiger partial charge in [0, 0.05) is 42.7 Å². The molecule has 5 rings (SSSR count). The molecule has 0 atom stereocenters. The van der Waals surface area contributed by atoms with E-state index in [4.69, 9.17) is 10.2 Å². The number of nitrogen functional groups attached to an aromatic ring is 1. The van der Waals surface area contributed by atoms with Gasteiger partial charge in [-0.15, -0.1) is 0 Å². The summed E-state index contributed by atoms with van der Waals surface area (Å²) >= 11 is 1.48. The highest BCUT2D eigenvalue weighted by atomic mass is 32.2. The maximum atomic E-state index is 13.4. The minimum Gasteiger partial charge on any atom is -0.504 e. The van der Waals surface area contributed by atoms with Crippen molar-refractivity contribution in [3.63, 3.8) is 0 Å². The number of amides is 1. The Hall–Kier alpha value is -4.54. The summed E-state index contributed by atoms with van der Waals surface area (Å²) in [4.78, 5) is 13.1. The first kappa shape index (κ1) is 29.4. The summed E-state index contributed by atoms with van der Waals surface area (Å²) in [5.74, 6) is -0.939. The Balaban J connectivity index is 0.00000189. The molecule has 10 heteroatoms. The number of nitrogens with two attached hydrogens (primary N) is 2. The molecule has 1 aromatic heterocycles. The van der Waals surface area contributed by atoms with E-state index in [9.17, 15) is 18.7 Å². The van der Waals surface area contributed by atoms with Crippen LogP contribution in [0, 0.1) is 11.6 Å². The van der Waals surface area contributed by atoms with Crippen LogP contribution in [0.15, 0.2) is 83.3 Å². The number of benzene rings is 4. The zero-order chi connectivity index (χ0) is 29.7. The average molecular weight is 577 g/mol. The Bertz CT molecular complexity index is 1670. The van der Waals surface area contributed by atoms with Gasteiger partial charge in [-0.25, -0.2) is 8.78 Å². The van der Waals surface area contributed by atoms with Crippen molar-refractivity contribution in [1.29, 1.82) is 0 Å². The lowest BCUT2D eigenvalue weighted by molar-refractivity contribution is 0.0952. The molecule has 7 nitrogen and oxygen atoms in total. The summed E-state index contributed by atoms with van der Waals surface area (Å²) in [6.45, 7) is 0.213. The smallest absolute Gasteiger partial charge is 0.253 e. The van der Waals surface area contributed by atoms with Crippen molar-refractivity contribution in [3.8, 4) is 28.2 Å². The van der Waals surface area contributed by atoms with Gasteiger partial charge in [0.15, 0.2) is 11.5 Å². The van der Waals surface area contributed by atoms with Crippen molar-refractivity contribution in [2.24, 2.45) is 5.73 Å². The zero-order valence-electron chi connectivity index (χ0n) is 22.7. The molecule has 0 unspecified atom stereocenters. The number of fused-ring (bicyclic) bond motifs is 1. The molecule has 0 aliphatic heterocycles. The maximum absolute atomic E-state index is 13.4. The van der Waals surface area contributed by atoms with E-state index >= 15 is 0 Å². The molecule has 0 fully saturated rings. The lowest BCUT2D eigenvalue weighted by atomic mass is 9.98. The highest BCUT2D eigenvalue weighted by Crippen LogP contribution is 2.45. The molecule has 0 aliphatic carbocycles. The first-order chi connectivity index (χ1) is 19.7. The number of carbonyl (C=O) groups excluding carboxylic acids is 1. The van der Waals surface area contributed by atoms with Gasteiger partial charge in [0.25, 0.3) is 5.91 Å². The predicted molar refractivity (Wildman–Crippen MR) is 163 cm³/mol. The van der Waals surface area contributed by atoms with E-state index in [2.05, 4.69) is 11.1 Å². The number of nitrogens with zero attached hydrogens (tertiary/aromatic N) is 1. The van der Waals surface area contributed by atoms with Gasteiger partial charge in [-0.05, 0) is 72.8 Å². The zero-order valence-corrected chi connectivity index (χ0v) is 23.6. The molecule has 0 spiro atoms. The molecule has 0 saturated heterocycles. The molecule has 4 aromatic carbocycles. The minimum atomic E-state index is -0.388. The van der Waals surface area contributed by atoms with Crippen LogP contribution < -0.4 is 21.1 Å². The Kier molecular flexibility index (Phi) is 9.16. The van der Waals surface area contributed by atoms with E-state index in [1.54, 1.807) is 42.5 Å². The maximum Gasteiger partial charge on any atom is 0.253 e. The number of halogens is 2. The summed E-state index contributed by atoms with van der Waals surface area (Å²) in [5.41, 5.74) is 15.3. The number of anilines is 2. The van der Waals surface area contributed by atoms with Crippen LogP contribution in [0.4, 0.5) is 20.2 Å². The van der Waals surface area contributed by atoms with E-state index in [0.717, 1.165) is 16.8 Å². The van der Waals surface area contributed by atoms with Gasteiger partial charge in [0.05, 0.1) is 16.6 Å². The Labute approximate surface area is 240 Å². The van der Waals surface area contributed by atoms with Crippen molar-refractivity contribution < 1.29 is 23.1 Å². The molecule has 0 saturated carbocycles. The third-order valence-corrected chi connectivity index (χ3v) is 7.22. The van der Waals surface area contributed by atoms with Gasteiger partial charge >= 0.3 is 0 Å². The number of hydrogen-bond acceptors (Lipinski definition) is 7. The monoisotopic (exact) mass is 576 g/mol. The normalized spacial score (nSPS) is 10.7. The molecule has 0 bridgehead atoms. The van der Waals surface area contributed by atoms with E-state index in [0.29, 0.717) is 27.8 Å². The molecule has 5 aromatic rings. The molecule has 1 heterocycles. The second-order valence-corrected chi connectivity index (χ2v) is 9.86.